The molecular formula is C52H86N4S. The Kier molecular flexibility index (Phi) is 11.4. The highest BCUT2D eigenvalue weighted by molar-refractivity contribution is 8.00. The maximum absolute atomic E-state index is 4.43. The largest absolute Gasteiger partial charge is 0.312 e. The second-order valence-electron chi connectivity index (χ2n) is 23.8. The van der Waals surface area contributed by atoms with Crippen LogP contribution < -0.4 is 10.6 Å². The van der Waals surface area contributed by atoms with Crippen LogP contribution in [0.4, 0.5) is 0 Å². The summed E-state index contributed by atoms with van der Waals surface area (Å²) in [4.78, 5) is 6.75. The van der Waals surface area contributed by atoms with E-state index in [0.29, 0.717) is 6.04 Å². The summed E-state index contributed by atoms with van der Waals surface area (Å²) in [5.41, 5.74) is 0. The van der Waals surface area contributed by atoms with Crippen LogP contribution in [0.2, 0.25) is 0 Å². The first kappa shape index (κ1) is 38.8. The molecule has 5 heteroatoms. The fourth-order valence-corrected chi connectivity index (χ4v) is 21.4. The zero-order valence-corrected chi connectivity index (χ0v) is 37.3. The van der Waals surface area contributed by atoms with Crippen molar-refractivity contribution in [1.82, 2.24) is 20.4 Å². The second-order valence-corrected chi connectivity index (χ2v) is 25.3. The molecule has 12 aliphatic rings. The van der Waals surface area contributed by atoms with E-state index in [0.717, 1.165) is 112 Å². The summed E-state index contributed by atoms with van der Waals surface area (Å²) in [6.07, 6.45) is 47.4. The van der Waals surface area contributed by atoms with Crippen LogP contribution >= 0.6 is 11.8 Å². The maximum Gasteiger partial charge on any atom is 0.0238 e. The van der Waals surface area contributed by atoms with Gasteiger partial charge in [-0.1, -0.05) is 64.2 Å². The molecule has 5 aliphatic heterocycles. The first-order valence-corrected chi connectivity index (χ1v) is 27.9. The standard InChI is InChI=1S/C52H86N4S/c1-2-12-33(13-3-1)45-31-37(32-46(54-45)44-17-10-11-27-53-44)56-48-19-8-5-15-39(48)42-29-35(22-25-50(42)56)34-21-24-49-41(28-34)38-14-4-7-18-47(38)55(49)36-23-26-52-43(30-36)40-16-6-9-20-51(40)57-52/h33-54H,1-32H2. The van der Waals surface area contributed by atoms with E-state index in [9.17, 15) is 0 Å². The first-order chi connectivity index (χ1) is 28.2. The van der Waals surface area contributed by atoms with Crippen LogP contribution in [-0.4, -0.2) is 81.2 Å². The minimum atomic E-state index is 0.703. The van der Waals surface area contributed by atoms with Crippen LogP contribution in [0.15, 0.2) is 0 Å². The van der Waals surface area contributed by atoms with Crippen molar-refractivity contribution < 1.29 is 0 Å². The van der Waals surface area contributed by atoms with E-state index in [1.54, 1.807) is 96.3 Å². The third-order valence-electron chi connectivity index (χ3n) is 21.5. The van der Waals surface area contributed by atoms with Gasteiger partial charge in [0, 0.05) is 64.9 Å². The predicted molar refractivity (Wildman–Crippen MR) is 239 cm³/mol. The van der Waals surface area contributed by atoms with E-state index in [1.807, 2.05) is 0 Å². The number of piperidine rings is 2. The van der Waals surface area contributed by atoms with Gasteiger partial charge in [-0.2, -0.15) is 11.8 Å². The average molecular weight is 799 g/mol. The molecule has 0 aromatic heterocycles. The molecule has 19 atom stereocenters. The number of nitrogens with one attached hydrogen (secondary N) is 2. The highest BCUT2D eigenvalue weighted by Crippen LogP contribution is 2.60. The fourth-order valence-electron chi connectivity index (χ4n) is 19.3. The summed E-state index contributed by atoms with van der Waals surface area (Å²) in [6.45, 7) is 1.26. The van der Waals surface area contributed by atoms with Gasteiger partial charge >= 0.3 is 0 Å². The third-order valence-corrected chi connectivity index (χ3v) is 23.4. The lowest BCUT2D eigenvalue weighted by molar-refractivity contribution is 0.0132. The van der Waals surface area contributed by atoms with Gasteiger partial charge in [0.15, 0.2) is 0 Å². The lowest BCUT2D eigenvalue weighted by Gasteiger charge is -2.51. The Morgan fingerprint density at radius 1 is 0.333 bits per heavy atom. The first-order valence-electron chi connectivity index (χ1n) is 26.9. The molecule has 0 spiro atoms. The summed E-state index contributed by atoms with van der Waals surface area (Å²) >= 11 is 2.49. The molecule has 7 saturated carbocycles. The van der Waals surface area contributed by atoms with Crippen molar-refractivity contribution in [2.24, 2.45) is 53.3 Å². The number of nitrogens with zero attached hydrogens (tertiary/aromatic N) is 2. The second kappa shape index (κ2) is 16.7. The lowest BCUT2D eigenvalue weighted by atomic mass is 9.62. The summed E-state index contributed by atoms with van der Waals surface area (Å²) in [6, 6.07) is 7.73. The Bertz CT molecular complexity index is 1340. The number of rotatable bonds is 5. The topological polar surface area (TPSA) is 30.5 Å². The molecule has 12 rings (SSSR count). The average Bonchev–Trinajstić information content (AvgIpc) is 3.94. The van der Waals surface area contributed by atoms with Crippen LogP contribution in [0.1, 0.15) is 199 Å². The van der Waals surface area contributed by atoms with Gasteiger partial charge in [0.25, 0.3) is 0 Å². The Balaban J connectivity index is 0.750. The fraction of sp³-hybridized carbons (Fsp3) is 1.00. The molecule has 0 amide bonds. The molecule has 19 unspecified atom stereocenters. The molecule has 57 heavy (non-hydrogen) atoms. The minimum Gasteiger partial charge on any atom is -0.312 e. The molecule has 0 radical (unpaired) electrons. The maximum atomic E-state index is 4.43. The van der Waals surface area contributed by atoms with E-state index < -0.39 is 0 Å². The Labute approximate surface area is 354 Å². The molecule has 7 aliphatic carbocycles. The van der Waals surface area contributed by atoms with Gasteiger partial charge in [-0.15, -0.1) is 0 Å². The molecule has 4 nitrogen and oxygen atoms in total. The minimum absolute atomic E-state index is 0.703. The van der Waals surface area contributed by atoms with Crippen LogP contribution in [0.3, 0.4) is 0 Å². The van der Waals surface area contributed by atoms with E-state index in [-0.39, 0.29) is 0 Å². The summed E-state index contributed by atoms with van der Waals surface area (Å²) < 4.78 is 0. The van der Waals surface area contributed by atoms with Crippen molar-refractivity contribution in [3.63, 3.8) is 0 Å². The smallest absolute Gasteiger partial charge is 0.0238 e. The van der Waals surface area contributed by atoms with Gasteiger partial charge in [0.1, 0.15) is 0 Å². The number of thioether (sulfide) groups is 1. The highest BCUT2D eigenvalue weighted by atomic mass is 32.2. The molecular weight excluding hydrogens is 713 g/mol. The van der Waals surface area contributed by atoms with Crippen LogP contribution in [-0.2, 0) is 0 Å². The molecule has 0 aromatic carbocycles. The lowest BCUT2D eigenvalue weighted by Crippen LogP contribution is -2.63. The molecule has 2 N–H and O–H groups in total. The van der Waals surface area contributed by atoms with Gasteiger partial charge in [-0.3, -0.25) is 9.80 Å². The Morgan fingerprint density at radius 3 is 1.61 bits per heavy atom. The molecule has 5 saturated heterocycles. The summed E-state index contributed by atoms with van der Waals surface area (Å²) in [7, 11) is 0. The van der Waals surface area contributed by atoms with Crippen LogP contribution in [0.5, 0.6) is 0 Å². The van der Waals surface area contributed by atoms with Gasteiger partial charge in [-0.25, -0.2) is 0 Å². The normalized spacial score (nSPS) is 53.6. The number of hydrogen-bond donors (Lipinski definition) is 2. The van der Waals surface area contributed by atoms with Crippen molar-refractivity contribution in [3.05, 3.63) is 0 Å². The quantitative estimate of drug-likeness (QED) is 0.289. The summed E-state index contributed by atoms with van der Waals surface area (Å²) in [5, 5.41) is 10.6. The van der Waals surface area contributed by atoms with E-state index in [4.69, 9.17) is 0 Å². The molecule has 0 aromatic rings. The monoisotopic (exact) mass is 799 g/mol. The Hall–Kier alpha value is 0.190. The molecule has 0 bridgehead atoms. The van der Waals surface area contributed by atoms with Crippen molar-refractivity contribution in [2.45, 2.75) is 264 Å². The zero-order valence-electron chi connectivity index (χ0n) is 36.5. The summed E-state index contributed by atoms with van der Waals surface area (Å²) in [5.74, 6) is 9.32. The molecule has 5 heterocycles. The number of hydrogen-bond acceptors (Lipinski definition) is 5. The van der Waals surface area contributed by atoms with Crippen molar-refractivity contribution in [1.29, 1.82) is 0 Å². The number of likely N-dealkylation sites (tertiary alicyclic amines) is 2. The van der Waals surface area contributed by atoms with Crippen molar-refractivity contribution in [2.75, 3.05) is 6.54 Å². The van der Waals surface area contributed by atoms with Gasteiger partial charge < -0.3 is 10.6 Å². The van der Waals surface area contributed by atoms with E-state index in [2.05, 4.69) is 32.2 Å². The SMILES string of the molecule is C1CCC(C2CC(N3C4CCCCC4C4CC(C5CCC6C(C5)C5CCCCC5N6C5CCC6SC7CCCCC7C6C5)CCC43)CC(C3CCCCN3)N2)CC1. The zero-order chi connectivity index (χ0) is 37.5. The predicted octanol–water partition coefficient (Wildman–Crippen LogP) is 11.4. The molecule has 320 valence electrons. The Morgan fingerprint density at radius 2 is 0.912 bits per heavy atom. The van der Waals surface area contributed by atoms with Crippen molar-refractivity contribution in [3.8, 4) is 0 Å². The van der Waals surface area contributed by atoms with Crippen LogP contribution in [0.25, 0.3) is 0 Å². The van der Waals surface area contributed by atoms with Crippen molar-refractivity contribution >= 4 is 11.8 Å². The van der Waals surface area contributed by atoms with Gasteiger partial charge in [-0.05, 0) is 195 Å². The van der Waals surface area contributed by atoms with E-state index in [1.165, 1.54) is 109 Å². The highest BCUT2D eigenvalue weighted by Gasteiger charge is 2.59. The van der Waals surface area contributed by atoms with E-state index >= 15 is 0 Å². The van der Waals surface area contributed by atoms with Gasteiger partial charge in [0.05, 0.1) is 0 Å². The molecule has 12 fully saturated rings. The third kappa shape index (κ3) is 7.12. The number of fused-ring (bicyclic) bond motifs is 9. The van der Waals surface area contributed by atoms with Gasteiger partial charge in [0.2, 0.25) is 0 Å². The van der Waals surface area contributed by atoms with Crippen LogP contribution in [0, 0.1) is 53.3 Å².